The molecule has 0 aliphatic rings. The van der Waals surface area contributed by atoms with Crippen molar-refractivity contribution in [2.24, 2.45) is 0 Å². The number of rotatable bonds is 9. The SMILES string of the molecule is COc1ccc([C@H](CC(=O)NC(c2ccccc2)c2ccccc2)NS(C)(=O)=O)cc1. The zero-order valence-corrected chi connectivity index (χ0v) is 18.3. The van der Waals surface area contributed by atoms with Crippen LogP contribution in [0.1, 0.15) is 35.2 Å². The molecule has 0 heterocycles. The molecule has 0 bridgehead atoms. The summed E-state index contributed by atoms with van der Waals surface area (Å²) in [7, 11) is -1.97. The van der Waals surface area contributed by atoms with Gasteiger partial charge in [-0.3, -0.25) is 4.79 Å². The van der Waals surface area contributed by atoms with Gasteiger partial charge in [-0.2, -0.15) is 0 Å². The zero-order chi connectivity index (χ0) is 22.3. The smallest absolute Gasteiger partial charge is 0.222 e. The number of hydrogen-bond donors (Lipinski definition) is 2. The number of carbonyl (C=O) groups excluding carboxylic acids is 1. The monoisotopic (exact) mass is 438 g/mol. The molecule has 2 N–H and O–H groups in total. The normalized spacial score (nSPS) is 12.4. The van der Waals surface area contributed by atoms with E-state index < -0.39 is 16.1 Å². The number of carbonyl (C=O) groups is 1. The Kier molecular flexibility index (Phi) is 7.44. The number of ether oxygens (including phenoxy) is 1. The Labute approximate surface area is 183 Å². The Hall–Kier alpha value is -3.16. The van der Waals surface area contributed by atoms with Gasteiger partial charge in [-0.1, -0.05) is 72.8 Å². The van der Waals surface area contributed by atoms with Crippen molar-refractivity contribution in [3.63, 3.8) is 0 Å². The lowest BCUT2D eigenvalue weighted by molar-refractivity contribution is -0.122. The predicted octanol–water partition coefficient (Wildman–Crippen LogP) is 3.58. The van der Waals surface area contributed by atoms with Gasteiger partial charge in [-0.05, 0) is 28.8 Å². The van der Waals surface area contributed by atoms with Crippen molar-refractivity contribution in [2.45, 2.75) is 18.5 Å². The Morgan fingerprint density at radius 2 is 1.35 bits per heavy atom. The zero-order valence-electron chi connectivity index (χ0n) is 17.5. The molecule has 0 aliphatic heterocycles. The first-order valence-corrected chi connectivity index (χ1v) is 11.8. The molecule has 0 fully saturated rings. The summed E-state index contributed by atoms with van der Waals surface area (Å²) in [5, 5.41) is 3.06. The van der Waals surface area contributed by atoms with Gasteiger partial charge < -0.3 is 10.1 Å². The quantitative estimate of drug-likeness (QED) is 0.535. The molecule has 162 valence electrons. The third-order valence-corrected chi connectivity index (χ3v) is 5.55. The first-order chi connectivity index (χ1) is 14.9. The molecule has 0 saturated carbocycles. The fraction of sp³-hybridized carbons (Fsp3) is 0.208. The summed E-state index contributed by atoms with van der Waals surface area (Å²) in [5.74, 6) is 0.384. The van der Waals surface area contributed by atoms with E-state index in [1.807, 2.05) is 60.7 Å². The van der Waals surface area contributed by atoms with Crippen LogP contribution in [0.25, 0.3) is 0 Å². The van der Waals surface area contributed by atoms with Crippen molar-refractivity contribution in [3.05, 3.63) is 102 Å². The number of nitrogens with one attached hydrogen (secondary N) is 2. The molecule has 1 atom stereocenters. The third kappa shape index (κ3) is 6.67. The number of sulfonamides is 1. The Morgan fingerprint density at radius 3 is 1.81 bits per heavy atom. The fourth-order valence-corrected chi connectivity index (χ4v) is 4.11. The van der Waals surface area contributed by atoms with Crippen LogP contribution in [-0.2, 0) is 14.8 Å². The van der Waals surface area contributed by atoms with Gasteiger partial charge >= 0.3 is 0 Å². The number of benzene rings is 3. The van der Waals surface area contributed by atoms with Crippen molar-refractivity contribution in [3.8, 4) is 5.75 Å². The minimum absolute atomic E-state index is 0.0461. The lowest BCUT2D eigenvalue weighted by Crippen LogP contribution is -2.35. The molecule has 3 aromatic carbocycles. The summed E-state index contributed by atoms with van der Waals surface area (Å²) in [6.45, 7) is 0. The summed E-state index contributed by atoms with van der Waals surface area (Å²) in [6.07, 6.45) is 1.04. The first kappa shape index (κ1) is 22.5. The van der Waals surface area contributed by atoms with Crippen LogP contribution in [0.4, 0.5) is 0 Å². The summed E-state index contributed by atoms with van der Waals surface area (Å²) >= 11 is 0. The van der Waals surface area contributed by atoms with E-state index >= 15 is 0 Å². The van der Waals surface area contributed by atoms with Crippen LogP contribution in [0.2, 0.25) is 0 Å². The molecule has 6 nitrogen and oxygen atoms in total. The van der Waals surface area contributed by atoms with Gasteiger partial charge in [0.05, 0.1) is 25.4 Å². The standard InChI is InChI=1S/C24H26N2O4S/c1-30-21-15-13-18(14-16-21)22(26-31(2,28)29)17-23(27)25-24(19-9-5-3-6-10-19)20-11-7-4-8-12-20/h3-16,22,24,26H,17H2,1-2H3,(H,25,27)/t22-/m0/s1. The highest BCUT2D eigenvalue weighted by molar-refractivity contribution is 7.88. The van der Waals surface area contributed by atoms with E-state index in [1.54, 1.807) is 31.4 Å². The maximum atomic E-state index is 13.0. The summed E-state index contributed by atoms with van der Waals surface area (Å²) < 4.78 is 31.6. The average Bonchev–Trinajstić information content (AvgIpc) is 2.77. The Bertz CT molecular complexity index is 1050. The molecule has 0 saturated heterocycles. The summed E-state index contributed by atoms with van der Waals surface area (Å²) in [6, 6.07) is 25.3. The summed E-state index contributed by atoms with van der Waals surface area (Å²) in [4.78, 5) is 13.0. The molecule has 0 radical (unpaired) electrons. The molecule has 3 rings (SSSR count). The molecule has 7 heteroatoms. The topological polar surface area (TPSA) is 84.5 Å². The second-order valence-electron chi connectivity index (χ2n) is 7.24. The minimum Gasteiger partial charge on any atom is -0.497 e. The lowest BCUT2D eigenvalue weighted by atomic mass is 9.98. The van der Waals surface area contributed by atoms with E-state index in [-0.39, 0.29) is 18.4 Å². The Morgan fingerprint density at radius 1 is 0.839 bits per heavy atom. The molecule has 0 aromatic heterocycles. The molecule has 0 aliphatic carbocycles. The second kappa shape index (κ2) is 10.2. The van der Waals surface area contributed by atoms with E-state index in [2.05, 4.69) is 10.0 Å². The molecular weight excluding hydrogens is 412 g/mol. The molecule has 31 heavy (non-hydrogen) atoms. The second-order valence-corrected chi connectivity index (χ2v) is 9.02. The minimum atomic E-state index is -3.53. The van der Waals surface area contributed by atoms with Crippen LogP contribution in [0, 0.1) is 0 Å². The molecule has 0 spiro atoms. The predicted molar refractivity (Wildman–Crippen MR) is 121 cm³/mol. The number of methoxy groups -OCH3 is 1. The first-order valence-electron chi connectivity index (χ1n) is 9.86. The van der Waals surface area contributed by atoms with Crippen molar-refractivity contribution >= 4 is 15.9 Å². The van der Waals surface area contributed by atoms with Gasteiger partial charge in [0.2, 0.25) is 15.9 Å². The van der Waals surface area contributed by atoms with E-state index in [4.69, 9.17) is 4.74 Å². The number of hydrogen-bond acceptors (Lipinski definition) is 4. The van der Waals surface area contributed by atoms with Crippen molar-refractivity contribution in [1.82, 2.24) is 10.0 Å². The van der Waals surface area contributed by atoms with Crippen LogP contribution >= 0.6 is 0 Å². The molecular formula is C24H26N2O4S. The van der Waals surface area contributed by atoms with Gasteiger partial charge in [0, 0.05) is 6.42 Å². The Balaban J connectivity index is 1.83. The van der Waals surface area contributed by atoms with Crippen LogP contribution in [0.5, 0.6) is 5.75 Å². The highest BCUT2D eigenvalue weighted by atomic mass is 32.2. The van der Waals surface area contributed by atoms with Gasteiger partial charge in [0.1, 0.15) is 5.75 Å². The van der Waals surface area contributed by atoms with Gasteiger partial charge in [-0.25, -0.2) is 13.1 Å². The largest absolute Gasteiger partial charge is 0.497 e. The molecule has 1 amide bonds. The number of amides is 1. The van der Waals surface area contributed by atoms with Crippen molar-refractivity contribution in [1.29, 1.82) is 0 Å². The maximum absolute atomic E-state index is 13.0. The molecule has 3 aromatic rings. The van der Waals surface area contributed by atoms with Gasteiger partial charge in [0.25, 0.3) is 0 Å². The maximum Gasteiger partial charge on any atom is 0.222 e. The van der Waals surface area contributed by atoms with E-state index in [0.29, 0.717) is 11.3 Å². The van der Waals surface area contributed by atoms with Crippen LogP contribution < -0.4 is 14.8 Å². The van der Waals surface area contributed by atoms with E-state index in [0.717, 1.165) is 17.4 Å². The van der Waals surface area contributed by atoms with E-state index in [9.17, 15) is 13.2 Å². The average molecular weight is 439 g/mol. The highest BCUT2D eigenvalue weighted by Gasteiger charge is 2.23. The fourth-order valence-electron chi connectivity index (χ4n) is 3.38. The van der Waals surface area contributed by atoms with Crippen molar-refractivity contribution < 1.29 is 17.9 Å². The molecule has 0 unspecified atom stereocenters. The summed E-state index contributed by atoms with van der Waals surface area (Å²) in [5.41, 5.74) is 2.57. The lowest BCUT2D eigenvalue weighted by Gasteiger charge is -2.23. The third-order valence-electron chi connectivity index (χ3n) is 4.84. The van der Waals surface area contributed by atoms with E-state index in [1.165, 1.54) is 0 Å². The van der Waals surface area contributed by atoms with Crippen LogP contribution in [-0.4, -0.2) is 27.7 Å². The van der Waals surface area contributed by atoms with Crippen LogP contribution in [0.15, 0.2) is 84.9 Å². The van der Waals surface area contributed by atoms with Crippen LogP contribution in [0.3, 0.4) is 0 Å². The van der Waals surface area contributed by atoms with Gasteiger partial charge in [-0.15, -0.1) is 0 Å². The highest BCUT2D eigenvalue weighted by Crippen LogP contribution is 2.24. The van der Waals surface area contributed by atoms with Crippen molar-refractivity contribution in [2.75, 3.05) is 13.4 Å². The van der Waals surface area contributed by atoms with Gasteiger partial charge in [0.15, 0.2) is 0 Å².